The zero-order valence-corrected chi connectivity index (χ0v) is 9.64. The van der Waals surface area contributed by atoms with Gasteiger partial charge in [0.05, 0.1) is 6.54 Å². The van der Waals surface area contributed by atoms with Crippen molar-refractivity contribution in [1.29, 1.82) is 0 Å². The number of hydrogen-bond donors (Lipinski definition) is 3. The highest BCUT2D eigenvalue weighted by atomic mass is 16.1. The second-order valence-corrected chi connectivity index (χ2v) is 4.11. The fourth-order valence-corrected chi connectivity index (χ4v) is 1.79. The van der Waals surface area contributed by atoms with E-state index in [9.17, 15) is 4.79 Å². The van der Waals surface area contributed by atoms with Gasteiger partial charge in [0, 0.05) is 12.6 Å². The van der Waals surface area contributed by atoms with Crippen LogP contribution in [0.25, 0.3) is 0 Å². The maximum absolute atomic E-state index is 11.3. The summed E-state index contributed by atoms with van der Waals surface area (Å²) in [5.41, 5.74) is 0. The van der Waals surface area contributed by atoms with E-state index in [1.54, 1.807) is 0 Å². The number of hydrogen-bond acceptors (Lipinski definition) is 3. The molecule has 1 amide bonds. The molecule has 0 spiro atoms. The summed E-state index contributed by atoms with van der Waals surface area (Å²) in [7, 11) is 0. The number of carbonyl (C=O) groups is 1. The first kappa shape index (κ1) is 12.5. The van der Waals surface area contributed by atoms with Crippen molar-refractivity contribution in [2.24, 2.45) is 0 Å². The smallest absolute Gasteiger partial charge is 0.233 e. The van der Waals surface area contributed by atoms with Crippen LogP contribution in [0.3, 0.4) is 0 Å². The summed E-state index contributed by atoms with van der Waals surface area (Å²) in [4.78, 5) is 11.3. The molecule has 4 heteroatoms. The molecule has 1 heterocycles. The molecular weight excluding hydrogens is 190 g/mol. The van der Waals surface area contributed by atoms with E-state index < -0.39 is 0 Å². The second-order valence-electron chi connectivity index (χ2n) is 4.11. The highest BCUT2D eigenvalue weighted by molar-refractivity contribution is 5.77. The maximum atomic E-state index is 11.3. The molecule has 3 N–H and O–H groups in total. The van der Waals surface area contributed by atoms with E-state index in [0.29, 0.717) is 12.6 Å². The van der Waals surface area contributed by atoms with Gasteiger partial charge in [0.15, 0.2) is 0 Å². The minimum atomic E-state index is 0.119. The van der Waals surface area contributed by atoms with E-state index in [-0.39, 0.29) is 5.91 Å². The van der Waals surface area contributed by atoms with Crippen molar-refractivity contribution in [2.45, 2.75) is 38.6 Å². The summed E-state index contributed by atoms with van der Waals surface area (Å²) in [5.74, 6) is 0.119. The summed E-state index contributed by atoms with van der Waals surface area (Å²) >= 11 is 0. The SMILES string of the molecule is CCCNC(=O)CNC1CCCNCC1. The van der Waals surface area contributed by atoms with E-state index in [0.717, 1.165) is 32.5 Å². The topological polar surface area (TPSA) is 53.2 Å². The van der Waals surface area contributed by atoms with Crippen molar-refractivity contribution < 1.29 is 4.79 Å². The second kappa shape index (κ2) is 7.65. The van der Waals surface area contributed by atoms with Gasteiger partial charge in [0.2, 0.25) is 5.91 Å². The summed E-state index contributed by atoms with van der Waals surface area (Å²) < 4.78 is 0. The molecule has 0 saturated carbocycles. The van der Waals surface area contributed by atoms with Crippen molar-refractivity contribution in [3.8, 4) is 0 Å². The molecule has 15 heavy (non-hydrogen) atoms. The Labute approximate surface area is 92.2 Å². The summed E-state index contributed by atoms with van der Waals surface area (Å²) in [6.45, 7) is 5.48. The first-order chi connectivity index (χ1) is 7.33. The highest BCUT2D eigenvalue weighted by Crippen LogP contribution is 2.03. The van der Waals surface area contributed by atoms with Crippen LogP contribution in [0.4, 0.5) is 0 Å². The Kier molecular flexibility index (Phi) is 6.36. The Bertz CT molecular complexity index is 177. The Balaban J connectivity index is 2.09. The summed E-state index contributed by atoms with van der Waals surface area (Å²) in [6, 6.07) is 0.507. The van der Waals surface area contributed by atoms with Gasteiger partial charge in [-0.2, -0.15) is 0 Å². The predicted molar refractivity (Wildman–Crippen MR) is 61.8 cm³/mol. The molecule has 1 rings (SSSR count). The van der Waals surface area contributed by atoms with E-state index in [4.69, 9.17) is 0 Å². The Morgan fingerprint density at radius 2 is 2.27 bits per heavy atom. The Morgan fingerprint density at radius 1 is 1.40 bits per heavy atom. The molecule has 1 fully saturated rings. The van der Waals surface area contributed by atoms with Gasteiger partial charge in [-0.1, -0.05) is 6.92 Å². The molecule has 0 aliphatic carbocycles. The van der Waals surface area contributed by atoms with Crippen LogP contribution in [0.1, 0.15) is 32.6 Å². The van der Waals surface area contributed by atoms with E-state index in [1.807, 2.05) is 0 Å². The molecule has 1 saturated heterocycles. The average Bonchev–Trinajstić information content (AvgIpc) is 2.51. The van der Waals surface area contributed by atoms with Crippen molar-refractivity contribution in [1.82, 2.24) is 16.0 Å². The number of nitrogens with one attached hydrogen (secondary N) is 3. The van der Waals surface area contributed by atoms with Crippen LogP contribution >= 0.6 is 0 Å². The highest BCUT2D eigenvalue weighted by Gasteiger charge is 2.11. The molecule has 0 aromatic carbocycles. The minimum absolute atomic E-state index is 0.119. The predicted octanol–water partition coefficient (Wildman–Crippen LogP) is 0.244. The number of carbonyl (C=O) groups excluding carboxylic acids is 1. The molecule has 0 aromatic heterocycles. The van der Waals surface area contributed by atoms with Crippen molar-refractivity contribution in [2.75, 3.05) is 26.2 Å². The Morgan fingerprint density at radius 3 is 3.07 bits per heavy atom. The van der Waals surface area contributed by atoms with Crippen LogP contribution in [0.5, 0.6) is 0 Å². The lowest BCUT2D eigenvalue weighted by Gasteiger charge is -2.15. The van der Waals surface area contributed by atoms with Crippen LogP contribution in [-0.4, -0.2) is 38.1 Å². The van der Waals surface area contributed by atoms with Crippen molar-refractivity contribution in [3.63, 3.8) is 0 Å². The zero-order valence-electron chi connectivity index (χ0n) is 9.64. The normalized spacial score (nSPS) is 22.1. The van der Waals surface area contributed by atoms with Gasteiger partial charge in [0.25, 0.3) is 0 Å². The average molecular weight is 213 g/mol. The Hall–Kier alpha value is -0.610. The minimum Gasteiger partial charge on any atom is -0.355 e. The van der Waals surface area contributed by atoms with Gasteiger partial charge in [-0.05, 0) is 38.8 Å². The third-order valence-electron chi connectivity index (χ3n) is 2.70. The maximum Gasteiger partial charge on any atom is 0.233 e. The fourth-order valence-electron chi connectivity index (χ4n) is 1.79. The summed E-state index contributed by atoms with van der Waals surface area (Å²) in [5, 5.41) is 9.55. The molecule has 0 bridgehead atoms. The standard InChI is InChI=1S/C11H23N3O/c1-2-6-13-11(15)9-14-10-4-3-7-12-8-5-10/h10,12,14H,2-9H2,1H3,(H,13,15). The number of amides is 1. The van der Waals surface area contributed by atoms with Gasteiger partial charge in [-0.15, -0.1) is 0 Å². The number of rotatable bonds is 5. The molecule has 88 valence electrons. The van der Waals surface area contributed by atoms with E-state index in [2.05, 4.69) is 22.9 Å². The fraction of sp³-hybridized carbons (Fsp3) is 0.909. The van der Waals surface area contributed by atoms with Crippen LogP contribution < -0.4 is 16.0 Å². The zero-order chi connectivity index (χ0) is 10.9. The van der Waals surface area contributed by atoms with Gasteiger partial charge in [-0.25, -0.2) is 0 Å². The van der Waals surface area contributed by atoms with Crippen LogP contribution in [0, 0.1) is 0 Å². The van der Waals surface area contributed by atoms with Crippen molar-refractivity contribution in [3.05, 3.63) is 0 Å². The molecule has 1 unspecified atom stereocenters. The molecule has 1 aliphatic heterocycles. The molecule has 0 radical (unpaired) electrons. The van der Waals surface area contributed by atoms with E-state index >= 15 is 0 Å². The monoisotopic (exact) mass is 213 g/mol. The third kappa shape index (κ3) is 5.74. The van der Waals surface area contributed by atoms with Crippen LogP contribution in [-0.2, 0) is 4.79 Å². The molecule has 0 aromatic rings. The lowest BCUT2D eigenvalue weighted by molar-refractivity contribution is -0.120. The first-order valence-electron chi connectivity index (χ1n) is 6.03. The van der Waals surface area contributed by atoms with Gasteiger partial charge < -0.3 is 16.0 Å². The molecule has 1 aliphatic rings. The van der Waals surface area contributed by atoms with Crippen LogP contribution in [0.2, 0.25) is 0 Å². The first-order valence-corrected chi connectivity index (χ1v) is 6.03. The lowest BCUT2D eigenvalue weighted by Crippen LogP contribution is -2.39. The molecular formula is C11H23N3O. The summed E-state index contributed by atoms with van der Waals surface area (Å²) in [6.07, 6.45) is 4.50. The largest absolute Gasteiger partial charge is 0.355 e. The van der Waals surface area contributed by atoms with Crippen LogP contribution in [0.15, 0.2) is 0 Å². The third-order valence-corrected chi connectivity index (χ3v) is 2.70. The quantitative estimate of drug-likeness (QED) is 0.613. The van der Waals surface area contributed by atoms with E-state index in [1.165, 1.54) is 12.8 Å². The van der Waals surface area contributed by atoms with Gasteiger partial charge >= 0.3 is 0 Å². The lowest BCUT2D eigenvalue weighted by atomic mass is 10.1. The van der Waals surface area contributed by atoms with Crippen molar-refractivity contribution >= 4 is 5.91 Å². The molecule has 4 nitrogen and oxygen atoms in total. The van der Waals surface area contributed by atoms with Gasteiger partial charge in [-0.3, -0.25) is 4.79 Å². The van der Waals surface area contributed by atoms with Gasteiger partial charge in [0.1, 0.15) is 0 Å². The molecule has 1 atom stereocenters.